The van der Waals surface area contributed by atoms with E-state index in [0.29, 0.717) is 13.0 Å². The minimum absolute atomic E-state index is 0.169. The normalized spacial score (nSPS) is 24.3. The number of aryl methyl sites for hydroxylation is 1. The zero-order valence-corrected chi connectivity index (χ0v) is 11.3. The smallest absolute Gasteiger partial charge is 0.306 e. The van der Waals surface area contributed by atoms with Gasteiger partial charge in [-0.1, -0.05) is 29.8 Å². The van der Waals surface area contributed by atoms with Crippen molar-refractivity contribution in [2.75, 3.05) is 13.1 Å². The molecule has 0 aliphatic carbocycles. The first-order valence-electron chi connectivity index (χ1n) is 6.69. The van der Waals surface area contributed by atoms with Crippen LogP contribution in [-0.2, 0) is 11.3 Å². The van der Waals surface area contributed by atoms with Crippen molar-refractivity contribution in [3.63, 3.8) is 0 Å². The third-order valence-corrected chi connectivity index (χ3v) is 3.64. The number of hydrogen-bond donors (Lipinski definition) is 2. The zero-order chi connectivity index (χ0) is 13.9. The Morgan fingerprint density at radius 2 is 2.05 bits per heavy atom. The van der Waals surface area contributed by atoms with Crippen LogP contribution in [0.25, 0.3) is 0 Å². The third kappa shape index (κ3) is 4.04. The van der Waals surface area contributed by atoms with Crippen LogP contribution < -0.4 is 0 Å². The van der Waals surface area contributed by atoms with Crippen LogP contribution in [0.3, 0.4) is 0 Å². The molecule has 1 aliphatic rings. The summed E-state index contributed by atoms with van der Waals surface area (Å²) in [5.41, 5.74) is 1.35. The molecule has 104 valence electrons. The SMILES string of the molecule is Cc1ccc(CN2CCCC(O)(CC(=O)O)C2)cc1. The Labute approximate surface area is 113 Å². The van der Waals surface area contributed by atoms with Crippen molar-refractivity contribution in [2.24, 2.45) is 0 Å². The average Bonchev–Trinajstić information content (AvgIpc) is 2.30. The number of benzene rings is 1. The van der Waals surface area contributed by atoms with Gasteiger partial charge in [0, 0.05) is 13.1 Å². The van der Waals surface area contributed by atoms with Crippen molar-refractivity contribution < 1.29 is 15.0 Å². The van der Waals surface area contributed by atoms with E-state index in [2.05, 4.69) is 36.1 Å². The Morgan fingerprint density at radius 1 is 1.37 bits per heavy atom. The first-order valence-corrected chi connectivity index (χ1v) is 6.69. The predicted molar refractivity (Wildman–Crippen MR) is 72.9 cm³/mol. The molecule has 1 atom stereocenters. The second-order valence-corrected chi connectivity index (χ2v) is 5.59. The van der Waals surface area contributed by atoms with Crippen molar-refractivity contribution in [1.29, 1.82) is 0 Å². The van der Waals surface area contributed by atoms with Crippen LogP contribution in [0.15, 0.2) is 24.3 Å². The summed E-state index contributed by atoms with van der Waals surface area (Å²) in [7, 11) is 0. The highest BCUT2D eigenvalue weighted by Crippen LogP contribution is 2.25. The van der Waals surface area contributed by atoms with Gasteiger partial charge in [-0.05, 0) is 31.9 Å². The van der Waals surface area contributed by atoms with Gasteiger partial charge < -0.3 is 10.2 Å². The Hall–Kier alpha value is -1.39. The molecule has 1 saturated heterocycles. The molecule has 19 heavy (non-hydrogen) atoms. The highest BCUT2D eigenvalue weighted by molar-refractivity contribution is 5.68. The van der Waals surface area contributed by atoms with Crippen LogP contribution in [0.4, 0.5) is 0 Å². The second kappa shape index (κ2) is 5.72. The van der Waals surface area contributed by atoms with Crippen molar-refractivity contribution in [2.45, 2.75) is 38.3 Å². The number of piperidine rings is 1. The lowest BCUT2D eigenvalue weighted by molar-refractivity contribution is -0.145. The highest BCUT2D eigenvalue weighted by Gasteiger charge is 2.35. The molecule has 0 spiro atoms. The molecule has 1 aliphatic heterocycles. The van der Waals surface area contributed by atoms with Crippen LogP contribution in [0.2, 0.25) is 0 Å². The summed E-state index contributed by atoms with van der Waals surface area (Å²) in [4.78, 5) is 12.9. The number of rotatable bonds is 4. The molecular formula is C15H21NO3. The molecule has 0 saturated carbocycles. The third-order valence-electron chi connectivity index (χ3n) is 3.64. The first kappa shape index (κ1) is 14.0. The number of nitrogens with zero attached hydrogens (tertiary/aromatic N) is 1. The van der Waals surface area contributed by atoms with Crippen LogP contribution in [0.5, 0.6) is 0 Å². The van der Waals surface area contributed by atoms with Gasteiger partial charge in [0.25, 0.3) is 0 Å². The van der Waals surface area contributed by atoms with Crippen LogP contribution in [0.1, 0.15) is 30.4 Å². The molecule has 2 rings (SSSR count). The van der Waals surface area contributed by atoms with Crippen molar-refractivity contribution in [1.82, 2.24) is 4.90 Å². The zero-order valence-electron chi connectivity index (χ0n) is 11.3. The molecule has 4 nitrogen and oxygen atoms in total. The summed E-state index contributed by atoms with van der Waals surface area (Å²) < 4.78 is 0. The number of carboxylic acid groups (broad SMARTS) is 1. The molecule has 1 aromatic rings. The predicted octanol–water partition coefficient (Wildman–Crippen LogP) is 1.80. The fraction of sp³-hybridized carbons (Fsp3) is 0.533. The fourth-order valence-electron chi connectivity index (χ4n) is 2.72. The van der Waals surface area contributed by atoms with Crippen molar-refractivity contribution in [3.8, 4) is 0 Å². The Bertz CT molecular complexity index is 443. The standard InChI is InChI=1S/C15H21NO3/c1-12-3-5-13(6-4-12)10-16-8-2-7-15(19,11-16)9-14(17)18/h3-6,19H,2,7-11H2,1H3,(H,17,18). The quantitative estimate of drug-likeness (QED) is 0.869. The van der Waals surface area contributed by atoms with Crippen molar-refractivity contribution in [3.05, 3.63) is 35.4 Å². The van der Waals surface area contributed by atoms with E-state index in [1.165, 1.54) is 11.1 Å². The molecule has 0 radical (unpaired) electrons. The van der Waals surface area contributed by atoms with Gasteiger partial charge in [-0.15, -0.1) is 0 Å². The maximum Gasteiger partial charge on any atom is 0.306 e. The van der Waals surface area contributed by atoms with E-state index >= 15 is 0 Å². The number of carboxylic acids is 1. The average molecular weight is 263 g/mol. The summed E-state index contributed by atoms with van der Waals surface area (Å²) in [6.07, 6.45) is 1.25. The Morgan fingerprint density at radius 3 is 2.68 bits per heavy atom. The summed E-state index contributed by atoms with van der Waals surface area (Å²) in [6.45, 7) is 4.17. The number of hydrogen-bond acceptors (Lipinski definition) is 3. The van der Waals surface area contributed by atoms with Gasteiger partial charge in [-0.2, -0.15) is 0 Å². The van der Waals surface area contributed by atoms with Crippen LogP contribution in [-0.4, -0.2) is 39.8 Å². The summed E-state index contributed by atoms with van der Waals surface area (Å²) in [5.74, 6) is -0.931. The van der Waals surface area contributed by atoms with E-state index in [1.54, 1.807) is 0 Å². The highest BCUT2D eigenvalue weighted by atomic mass is 16.4. The molecule has 1 fully saturated rings. The largest absolute Gasteiger partial charge is 0.481 e. The molecule has 4 heteroatoms. The number of β-amino-alcohol motifs (C(OH)–C–C–N with tert-alkyl or cyclic N) is 1. The second-order valence-electron chi connectivity index (χ2n) is 5.59. The lowest BCUT2D eigenvalue weighted by atomic mass is 9.89. The molecule has 1 heterocycles. The number of likely N-dealkylation sites (tertiary alicyclic amines) is 1. The molecule has 2 N–H and O–H groups in total. The van der Waals surface area contributed by atoms with Gasteiger partial charge in [0.05, 0.1) is 12.0 Å². The van der Waals surface area contributed by atoms with Crippen LogP contribution >= 0.6 is 0 Å². The van der Waals surface area contributed by atoms with Crippen molar-refractivity contribution >= 4 is 5.97 Å². The summed E-state index contributed by atoms with van der Waals surface area (Å²) >= 11 is 0. The van der Waals surface area contributed by atoms with Gasteiger partial charge in [0.2, 0.25) is 0 Å². The topological polar surface area (TPSA) is 60.8 Å². The van der Waals surface area contributed by atoms with Gasteiger partial charge in [0.15, 0.2) is 0 Å². The van der Waals surface area contributed by atoms with E-state index in [9.17, 15) is 9.90 Å². The monoisotopic (exact) mass is 263 g/mol. The fourth-order valence-corrected chi connectivity index (χ4v) is 2.72. The molecule has 1 unspecified atom stereocenters. The maximum absolute atomic E-state index is 10.8. The minimum atomic E-state index is -1.07. The van der Waals surface area contributed by atoms with Gasteiger partial charge in [-0.3, -0.25) is 9.69 Å². The molecule has 0 aromatic heterocycles. The molecule has 0 amide bonds. The van der Waals surface area contributed by atoms with E-state index in [1.807, 2.05) is 0 Å². The maximum atomic E-state index is 10.8. The minimum Gasteiger partial charge on any atom is -0.481 e. The molecular weight excluding hydrogens is 242 g/mol. The lowest BCUT2D eigenvalue weighted by Gasteiger charge is -2.38. The number of aliphatic hydroxyl groups is 1. The lowest BCUT2D eigenvalue weighted by Crippen LogP contribution is -2.48. The summed E-state index contributed by atoms with van der Waals surface area (Å²) in [5, 5.41) is 19.2. The number of carbonyl (C=O) groups is 1. The summed E-state index contributed by atoms with van der Waals surface area (Å²) in [6, 6.07) is 8.31. The van der Waals surface area contributed by atoms with Gasteiger partial charge in [-0.25, -0.2) is 0 Å². The van der Waals surface area contributed by atoms with E-state index in [-0.39, 0.29) is 6.42 Å². The first-order chi connectivity index (χ1) is 8.97. The van der Waals surface area contributed by atoms with E-state index in [0.717, 1.165) is 19.5 Å². The Balaban J connectivity index is 1.97. The Kier molecular flexibility index (Phi) is 4.22. The van der Waals surface area contributed by atoms with Gasteiger partial charge in [0.1, 0.15) is 0 Å². The van der Waals surface area contributed by atoms with Gasteiger partial charge >= 0.3 is 5.97 Å². The molecule has 1 aromatic carbocycles. The van der Waals surface area contributed by atoms with E-state index < -0.39 is 11.6 Å². The molecule has 0 bridgehead atoms. The van der Waals surface area contributed by atoms with Crippen LogP contribution in [0, 0.1) is 6.92 Å². The number of aliphatic carboxylic acids is 1. The van der Waals surface area contributed by atoms with E-state index in [4.69, 9.17) is 5.11 Å².